The van der Waals surface area contributed by atoms with E-state index in [0.717, 1.165) is 29.7 Å². The van der Waals surface area contributed by atoms with Crippen LogP contribution in [0.3, 0.4) is 0 Å². The number of carbonyl (C=O) groups excluding carboxylic acids is 1. The fourth-order valence-electron chi connectivity index (χ4n) is 3.94. The summed E-state index contributed by atoms with van der Waals surface area (Å²) in [7, 11) is 0. The maximum Gasteiger partial charge on any atom is 0.324 e. The van der Waals surface area contributed by atoms with Gasteiger partial charge in [0.25, 0.3) is 0 Å². The van der Waals surface area contributed by atoms with E-state index < -0.39 is 0 Å². The molecule has 0 aliphatic rings. The van der Waals surface area contributed by atoms with E-state index in [1.165, 1.54) is 16.5 Å². The Hall–Kier alpha value is -2.59. The Kier molecular flexibility index (Phi) is 6.53. The summed E-state index contributed by atoms with van der Waals surface area (Å²) in [6.45, 7) is 10.2. The highest BCUT2D eigenvalue weighted by molar-refractivity contribution is 5.84. The molecule has 2 aromatic carbocycles. The van der Waals surface area contributed by atoms with Gasteiger partial charge >= 0.3 is 5.97 Å². The van der Waals surface area contributed by atoms with Crippen LogP contribution in [0.4, 0.5) is 0 Å². The molecule has 0 spiro atoms. The molecule has 0 saturated carbocycles. The number of aryl methyl sites for hydroxylation is 2. The summed E-state index contributed by atoms with van der Waals surface area (Å²) in [6, 6.07) is 14.2. The number of nitrogens with zero attached hydrogens (tertiary/aromatic N) is 1. The van der Waals surface area contributed by atoms with Gasteiger partial charge in [-0.05, 0) is 44.1 Å². The number of ether oxygens (including phenoxy) is 1. The second-order valence-electron chi connectivity index (χ2n) is 7.40. The number of likely N-dealkylation sites (N-methyl/N-ethyl adjacent to an activating group) is 1. The number of fused-ring (bicyclic) bond motifs is 1. The largest absolute Gasteiger partial charge is 0.460 e. The fraction of sp³-hybridized carbons (Fsp3) is 0.375. The lowest BCUT2D eigenvalue weighted by atomic mass is 10.0. The van der Waals surface area contributed by atoms with Crippen LogP contribution in [0.5, 0.6) is 0 Å². The van der Waals surface area contributed by atoms with Gasteiger partial charge in [0.2, 0.25) is 0 Å². The molecule has 0 radical (unpaired) electrons. The summed E-state index contributed by atoms with van der Waals surface area (Å²) in [5, 5.41) is 1.17. The van der Waals surface area contributed by atoms with Gasteiger partial charge in [-0.25, -0.2) is 0 Å². The van der Waals surface area contributed by atoms with Gasteiger partial charge in [0.1, 0.15) is 12.6 Å². The minimum atomic E-state index is -0.292. The Bertz CT molecular complexity index is 920. The number of hydrogen-bond donors (Lipinski definition) is 1. The number of aromatic nitrogens is 1. The Morgan fingerprint density at radius 2 is 1.75 bits per heavy atom. The highest BCUT2D eigenvalue weighted by Gasteiger charge is 2.27. The molecular weight excluding hydrogens is 348 g/mol. The molecule has 1 aromatic heterocycles. The number of carbonyl (C=O) groups is 1. The van der Waals surface area contributed by atoms with Crippen molar-refractivity contribution < 1.29 is 9.53 Å². The molecule has 0 bridgehead atoms. The third-order valence-electron chi connectivity index (χ3n) is 5.28. The van der Waals surface area contributed by atoms with E-state index in [1.807, 2.05) is 18.3 Å². The molecule has 3 aromatic rings. The minimum Gasteiger partial charge on any atom is -0.460 e. The summed E-state index contributed by atoms with van der Waals surface area (Å²) < 4.78 is 5.75. The number of H-pyrrole nitrogens is 1. The smallest absolute Gasteiger partial charge is 0.324 e. The van der Waals surface area contributed by atoms with Crippen molar-refractivity contribution in [2.75, 3.05) is 13.1 Å². The SMILES string of the molecule is CCN(CC)C(Cc1c[nH]c2ccccc12)C(=O)OCc1cc(C)cc(C)c1. The van der Waals surface area contributed by atoms with Gasteiger partial charge in [0.05, 0.1) is 0 Å². The predicted molar refractivity (Wildman–Crippen MR) is 114 cm³/mol. The van der Waals surface area contributed by atoms with E-state index in [9.17, 15) is 4.79 Å². The van der Waals surface area contributed by atoms with Crippen molar-refractivity contribution in [2.24, 2.45) is 0 Å². The number of hydrogen-bond acceptors (Lipinski definition) is 3. The van der Waals surface area contributed by atoms with Crippen LogP contribution in [0.25, 0.3) is 10.9 Å². The monoisotopic (exact) mass is 378 g/mol. The lowest BCUT2D eigenvalue weighted by Crippen LogP contribution is -2.43. The highest BCUT2D eigenvalue weighted by atomic mass is 16.5. The fourth-order valence-corrected chi connectivity index (χ4v) is 3.94. The van der Waals surface area contributed by atoms with Gasteiger partial charge in [-0.3, -0.25) is 9.69 Å². The Morgan fingerprint density at radius 3 is 2.43 bits per heavy atom. The van der Waals surface area contributed by atoms with Crippen LogP contribution in [0, 0.1) is 13.8 Å². The number of nitrogens with one attached hydrogen (secondary N) is 1. The molecule has 1 N–H and O–H groups in total. The molecule has 0 saturated heterocycles. The minimum absolute atomic E-state index is 0.159. The van der Waals surface area contributed by atoms with E-state index >= 15 is 0 Å². The molecule has 0 fully saturated rings. The second kappa shape index (κ2) is 9.07. The third kappa shape index (κ3) is 4.63. The van der Waals surface area contributed by atoms with Crippen molar-refractivity contribution in [1.82, 2.24) is 9.88 Å². The average Bonchev–Trinajstić information content (AvgIpc) is 3.08. The van der Waals surface area contributed by atoms with E-state index in [2.05, 4.69) is 67.9 Å². The molecule has 1 atom stereocenters. The van der Waals surface area contributed by atoms with Crippen molar-refractivity contribution in [1.29, 1.82) is 0 Å². The van der Waals surface area contributed by atoms with E-state index in [4.69, 9.17) is 4.74 Å². The molecule has 1 heterocycles. The normalized spacial score (nSPS) is 12.5. The lowest BCUT2D eigenvalue weighted by Gasteiger charge is -2.28. The van der Waals surface area contributed by atoms with Crippen molar-refractivity contribution in [2.45, 2.75) is 46.8 Å². The van der Waals surface area contributed by atoms with Gasteiger partial charge in [0.15, 0.2) is 0 Å². The third-order valence-corrected chi connectivity index (χ3v) is 5.28. The topological polar surface area (TPSA) is 45.3 Å². The Balaban J connectivity index is 1.78. The molecule has 148 valence electrons. The number of rotatable bonds is 8. The zero-order valence-electron chi connectivity index (χ0n) is 17.3. The van der Waals surface area contributed by atoms with E-state index in [1.54, 1.807) is 0 Å². The highest BCUT2D eigenvalue weighted by Crippen LogP contribution is 2.21. The molecule has 3 rings (SSSR count). The first-order valence-electron chi connectivity index (χ1n) is 10.0. The number of aromatic amines is 1. The molecular formula is C24H30N2O2. The molecule has 0 aliphatic heterocycles. The molecule has 0 aliphatic carbocycles. The molecule has 28 heavy (non-hydrogen) atoms. The summed E-state index contributed by atoms with van der Waals surface area (Å²) >= 11 is 0. The lowest BCUT2D eigenvalue weighted by molar-refractivity contribution is -0.151. The predicted octanol–water partition coefficient (Wildman–Crippen LogP) is 4.78. The molecule has 0 amide bonds. The standard InChI is InChI=1S/C24H30N2O2/c1-5-26(6-2)23(14-20-15-25-22-10-8-7-9-21(20)22)24(27)28-16-19-12-17(3)11-18(4)13-19/h7-13,15,23,25H,5-6,14,16H2,1-4H3. The zero-order chi connectivity index (χ0) is 20.1. The van der Waals surface area contributed by atoms with Crippen LogP contribution in [0.1, 0.15) is 36.1 Å². The quantitative estimate of drug-likeness (QED) is 0.574. The van der Waals surface area contributed by atoms with E-state index in [0.29, 0.717) is 13.0 Å². The summed E-state index contributed by atoms with van der Waals surface area (Å²) in [4.78, 5) is 18.5. The number of esters is 1. The van der Waals surface area contributed by atoms with Crippen molar-refractivity contribution >= 4 is 16.9 Å². The van der Waals surface area contributed by atoms with Crippen LogP contribution in [-0.2, 0) is 22.6 Å². The first-order chi connectivity index (χ1) is 13.5. The van der Waals surface area contributed by atoms with Gasteiger partial charge in [0, 0.05) is 23.5 Å². The number of para-hydroxylation sites is 1. The first kappa shape index (κ1) is 20.2. The second-order valence-corrected chi connectivity index (χ2v) is 7.40. The Morgan fingerprint density at radius 1 is 1.07 bits per heavy atom. The first-order valence-corrected chi connectivity index (χ1v) is 10.0. The molecule has 4 nitrogen and oxygen atoms in total. The van der Waals surface area contributed by atoms with Gasteiger partial charge < -0.3 is 9.72 Å². The maximum atomic E-state index is 13.0. The van der Waals surface area contributed by atoms with Crippen LogP contribution in [-0.4, -0.2) is 35.0 Å². The average molecular weight is 379 g/mol. The van der Waals surface area contributed by atoms with Gasteiger partial charge in [-0.1, -0.05) is 61.4 Å². The van der Waals surface area contributed by atoms with E-state index in [-0.39, 0.29) is 12.0 Å². The summed E-state index contributed by atoms with van der Waals surface area (Å²) in [5.41, 5.74) is 5.65. The molecule has 1 unspecified atom stereocenters. The number of benzene rings is 2. The van der Waals surface area contributed by atoms with Crippen LogP contribution in [0.2, 0.25) is 0 Å². The van der Waals surface area contributed by atoms with Gasteiger partial charge in [-0.15, -0.1) is 0 Å². The molecule has 4 heteroatoms. The van der Waals surface area contributed by atoms with Crippen molar-refractivity contribution in [3.05, 3.63) is 70.9 Å². The van der Waals surface area contributed by atoms with Crippen LogP contribution in [0.15, 0.2) is 48.7 Å². The maximum absolute atomic E-state index is 13.0. The summed E-state index contributed by atoms with van der Waals surface area (Å²) in [5.74, 6) is -0.159. The van der Waals surface area contributed by atoms with Crippen LogP contribution < -0.4 is 0 Å². The van der Waals surface area contributed by atoms with Crippen molar-refractivity contribution in [3.63, 3.8) is 0 Å². The van der Waals surface area contributed by atoms with Crippen molar-refractivity contribution in [3.8, 4) is 0 Å². The van der Waals surface area contributed by atoms with Gasteiger partial charge in [-0.2, -0.15) is 0 Å². The Labute approximate surface area is 167 Å². The summed E-state index contributed by atoms with van der Waals surface area (Å²) in [6.07, 6.45) is 2.65. The van der Waals surface area contributed by atoms with Crippen LogP contribution >= 0.6 is 0 Å². The zero-order valence-corrected chi connectivity index (χ0v) is 17.3.